The van der Waals surface area contributed by atoms with Gasteiger partial charge in [0.15, 0.2) is 0 Å². The van der Waals surface area contributed by atoms with Gasteiger partial charge in [0.1, 0.15) is 0 Å². The minimum Gasteiger partial charge on any atom is -0.313 e. The molecule has 1 nitrogen and oxygen atoms in total. The first-order chi connectivity index (χ1) is 6.67. The van der Waals surface area contributed by atoms with Crippen LogP contribution in [0.3, 0.4) is 0 Å². The van der Waals surface area contributed by atoms with Crippen molar-refractivity contribution in [2.75, 3.05) is 6.54 Å². The lowest BCUT2D eigenvalue weighted by Gasteiger charge is -2.32. The quantitative estimate of drug-likeness (QED) is 0.751. The summed E-state index contributed by atoms with van der Waals surface area (Å²) in [5.41, 5.74) is -0.125. The zero-order valence-corrected chi connectivity index (χ0v) is 10.0. The average Bonchev–Trinajstić information content (AvgIpc) is 1.99. The molecular weight excluding hydrogens is 203 g/mol. The fourth-order valence-corrected chi connectivity index (χ4v) is 1.47. The maximum absolute atomic E-state index is 12.1. The smallest absolute Gasteiger partial charge is 0.313 e. The molecule has 92 valence electrons. The summed E-state index contributed by atoms with van der Waals surface area (Å²) in [7, 11) is 0. The Morgan fingerprint density at radius 1 is 1.13 bits per heavy atom. The maximum atomic E-state index is 12.1. The Labute approximate surface area is 90.4 Å². The van der Waals surface area contributed by atoms with Crippen LogP contribution in [-0.2, 0) is 0 Å². The summed E-state index contributed by atoms with van der Waals surface area (Å²) in [6.45, 7) is 8.69. The summed E-state index contributed by atoms with van der Waals surface area (Å²) in [5.74, 6) is 0. The molecule has 0 aliphatic rings. The Bertz CT molecular complexity index is 170. The third-order valence-electron chi connectivity index (χ3n) is 2.40. The molecule has 1 atom stereocenters. The molecule has 1 unspecified atom stereocenters. The molecule has 0 aliphatic heterocycles. The summed E-state index contributed by atoms with van der Waals surface area (Å²) in [4.78, 5) is 0. The number of hydrogen-bond donors (Lipinski definition) is 1. The van der Waals surface area contributed by atoms with Crippen LogP contribution in [-0.4, -0.2) is 18.8 Å². The van der Waals surface area contributed by atoms with E-state index in [1.54, 1.807) is 0 Å². The summed E-state index contributed by atoms with van der Waals surface area (Å²) in [6.07, 6.45) is -3.64. The Balaban J connectivity index is 4.14. The van der Waals surface area contributed by atoms with E-state index in [0.717, 1.165) is 13.0 Å². The van der Waals surface area contributed by atoms with E-state index in [9.17, 15) is 13.2 Å². The van der Waals surface area contributed by atoms with Gasteiger partial charge in [0.25, 0.3) is 0 Å². The van der Waals surface area contributed by atoms with Gasteiger partial charge < -0.3 is 5.32 Å². The Morgan fingerprint density at radius 2 is 1.67 bits per heavy atom. The highest BCUT2D eigenvalue weighted by Gasteiger charge is 2.31. The SMILES string of the molecule is CCCNC(CCC(F)(F)F)C(C)(C)C. The van der Waals surface area contributed by atoms with E-state index < -0.39 is 12.6 Å². The summed E-state index contributed by atoms with van der Waals surface area (Å²) >= 11 is 0. The van der Waals surface area contributed by atoms with Crippen LogP contribution in [0.4, 0.5) is 13.2 Å². The lowest BCUT2D eigenvalue weighted by Crippen LogP contribution is -2.41. The highest BCUT2D eigenvalue weighted by molar-refractivity contribution is 4.81. The maximum Gasteiger partial charge on any atom is 0.389 e. The van der Waals surface area contributed by atoms with Crippen LogP contribution in [0.2, 0.25) is 0 Å². The van der Waals surface area contributed by atoms with Gasteiger partial charge in [-0.2, -0.15) is 13.2 Å². The van der Waals surface area contributed by atoms with Crippen LogP contribution in [0, 0.1) is 5.41 Å². The standard InChI is InChI=1S/C11H22F3N/c1-5-8-15-9(10(2,3)4)6-7-11(12,13)14/h9,15H,5-8H2,1-4H3. The normalized spacial score (nSPS) is 15.4. The molecule has 0 saturated heterocycles. The molecule has 0 bridgehead atoms. The van der Waals surface area contributed by atoms with Crippen LogP contribution < -0.4 is 5.32 Å². The second kappa shape index (κ2) is 5.73. The lowest BCUT2D eigenvalue weighted by atomic mass is 9.84. The fraction of sp³-hybridized carbons (Fsp3) is 1.00. The lowest BCUT2D eigenvalue weighted by molar-refractivity contribution is -0.137. The van der Waals surface area contributed by atoms with E-state index in [2.05, 4.69) is 5.32 Å². The van der Waals surface area contributed by atoms with Gasteiger partial charge >= 0.3 is 6.18 Å². The molecule has 0 radical (unpaired) electrons. The van der Waals surface area contributed by atoms with Crippen molar-refractivity contribution < 1.29 is 13.2 Å². The van der Waals surface area contributed by atoms with E-state index in [0.29, 0.717) is 0 Å². The molecule has 0 rings (SSSR count). The Hall–Kier alpha value is -0.250. The molecular formula is C11H22F3N. The zero-order chi connectivity index (χ0) is 12.1. The molecule has 0 aromatic carbocycles. The largest absolute Gasteiger partial charge is 0.389 e. The minimum atomic E-state index is -4.04. The molecule has 15 heavy (non-hydrogen) atoms. The van der Waals surface area contributed by atoms with Crippen LogP contribution >= 0.6 is 0 Å². The average molecular weight is 225 g/mol. The molecule has 0 aromatic rings. The van der Waals surface area contributed by atoms with Gasteiger partial charge in [0, 0.05) is 12.5 Å². The van der Waals surface area contributed by atoms with Gasteiger partial charge in [-0.1, -0.05) is 27.7 Å². The third kappa shape index (κ3) is 7.65. The predicted molar refractivity (Wildman–Crippen MR) is 56.8 cm³/mol. The third-order valence-corrected chi connectivity index (χ3v) is 2.40. The van der Waals surface area contributed by atoms with E-state index >= 15 is 0 Å². The summed E-state index contributed by atoms with van der Waals surface area (Å²) in [6, 6.07) is -0.0703. The van der Waals surface area contributed by atoms with Gasteiger partial charge in [0.2, 0.25) is 0 Å². The molecule has 0 fully saturated rings. The van der Waals surface area contributed by atoms with E-state index in [1.165, 1.54) is 0 Å². The van der Waals surface area contributed by atoms with Crippen molar-refractivity contribution in [3.63, 3.8) is 0 Å². The van der Waals surface area contributed by atoms with Crippen molar-refractivity contribution in [2.45, 2.75) is 59.2 Å². The van der Waals surface area contributed by atoms with Gasteiger partial charge in [-0.25, -0.2) is 0 Å². The minimum absolute atomic E-state index is 0.0703. The summed E-state index contributed by atoms with van der Waals surface area (Å²) in [5, 5.41) is 3.18. The van der Waals surface area contributed by atoms with Gasteiger partial charge in [-0.3, -0.25) is 0 Å². The molecule has 0 amide bonds. The fourth-order valence-electron chi connectivity index (χ4n) is 1.47. The molecule has 0 saturated carbocycles. The first kappa shape index (κ1) is 14.8. The van der Waals surface area contributed by atoms with Crippen LogP contribution in [0.15, 0.2) is 0 Å². The van der Waals surface area contributed by atoms with Crippen LogP contribution in [0.5, 0.6) is 0 Å². The highest BCUT2D eigenvalue weighted by atomic mass is 19.4. The number of nitrogens with one attached hydrogen (secondary N) is 1. The first-order valence-corrected chi connectivity index (χ1v) is 5.47. The molecule has 4 heteroatoms. The van der Waals surface area contributed by atoms with Crippen molar-refractivity contribution in [3.8, 4) is 0 Å². The molecule has 0 spiro atoms. The Morgan fingerprint density at radius 3 is 2.00 bits per heavy atom. The molecule has 1 N–H and O–H groups in total. The number of rotatable bonds is 5. The van der Waals surface area contributed by atoms with Crippen molar-refractivity contribution in [3.05, 3.63) is 0 Å². The highest BCUT2D eigenvalue weighted by Crippen LogP contribution is 2.28. The van der Waals surface area contributed by atoms with Crippen molar-refractivity contribution in [2.24, 2.45) is 5.41 Å². The van der Waals surface area contributed by atoms with Crippen molar-refractivity contribution >= 4 is 0 Å². The predicted octanol–water partition coefficient (Wildman–Crippen LogP) is 3.74. The number of halogens is 3. The van der Waals surface area contributed by atoms with Crippen molar-refractivity contribution in [1.82, 2.24) is 5.32 Å². The Kier molecular flexibility index (Phi) is 5.63. The second-order valence-electron chi connectivity index (χ2n) is 5.03. The van der Waals surface area contributed by atoms with Gasteiger partial charge in [-0.15, -0.1) is 0 Å². The molecule has 0 aliphatic carbocycles. The monoisotopic (exact) mass is 225 g/mol. The summed E-state index contributed by atoms with van der Waals surface area (Å²) < 4.78 is 36.3. The van der Waals surface area contributed by atoms with E-state index in [1.807, 2.05) is 27.7 Å². The van der Waals surface area contributed by atoms with Crippen molar-refractivity contribution in [1.29, 1.82) is 0 Å². The topological polar surface area (TPSA) is 12.0 Å². The first-order valence-electron chi connectivity index (χ1n) is 5.47. The van der Waals surface area contributed by atoms with Gasteiger partial charge in [-0.05, 0) is 24.8 Å². The van der Waals surface area contributed by atoms with Gasteiger partial charge in [0.05, 0.1) is 0 Å². The zero-order valence-electron chi connectivity index (χ0n) is 10.0. The number of alkyl halides is 3. The van der Waals surface area contributed by atoms with E-state index in [4.69, 9.17) is 0 Å². The van der Waals surface area contributed by atoms with Crippen LogP contribution in [0.25, 0.3) is 0 Å². The molecule has 0 aromatic heterocycles. The molecule has 0 heterocycles. The number of hydrogen-bond acceptors (Lipinski definition) is 1. The van der Waals surface area contributed by atoms with E-state index in [-0.39, 0.29) is 17.9 Å². The van der Waals surface area contributed by atoms with Crippen LogP contribution in [0.1, 0.15) is 47.0 Å². The second-order valence-corrected chi connectivity index (χ2v) is 5.03.